The summed E-state index contributed by atoms with van der Waals surface area (Å²) in [5, 5.41) is 0. The van der Waals surface area contributed by atoms with Gasteiger partial charge in [-0.05, 0) is 55.4 Å². The van der Waals surface area contributed by atoms with Crippen LogP contribution in [0.2, 0.25) is 0 Å². The number of rotatable bonds is 4. The number of ether oxygens (including phenoxy) is 2. The first-order valence-corrected chi connectivity index (χ1v) is 6.31. The van der Waals surface area contributed by atoms with Crippen molar-refractivity contribution in [1.82, 2.24) is 0 Å². The second-order valence-electron chi connectivity index (χ2n) is 5.02. The monoisotopic (exact) mass is 248 g/mol. The van der Waals surface area contributed by atoms with Gasteiger partial charge in [0.25, 0.3) is 0 Å². The Morgan fingerprint density at radius 1 is 1.22 bits per heavy atom. The molecule has 0 aromatic heterocycles. The number of methoxy groups -OCH3 is 2. The topological polar surface area (TPSA) is 35.5 Å². The molecule has 0 saturated heterocycles. The number of carbonyl (C=O) groups excluding carboxylic acids is 1. The van der Waals surface area contributed by atoms with E-state index in [1.807, 2.05) is 19.9 Å². The standard InChI is InChI=1S/C15H20O3/c1-9-8-13(17-3)10(2)7-12(9)14(11-5-6-11)15(16)18-4/h7-8,11,14H,5-6H2,1-4H3. The zero-order valence-corrected chi connectivity index (χ0v) is 11.4. The van der Waals surface area contributed by atoms with Crippen LogP contribution in [0.5, 0.6) is 5.75 Å². The van der Waals surface area contributed by atoms with Gasteiger partial charge >= 0.3 is 5.97 Å². The van der Waals surface area contributed by atoms with Crippen molar-refractivity contribution in [3.63, 3.8) is 0 Å². The molecule has 1 saturated carbocycles. The fourth-order valence-electron chi connectivity index (χ4n) is 2.50. The van der Waals surface area contributed by atoms with Crippen LogP contribution in [0.15, 0.2) is 12.1 Å². The highest BCUT2D eigenvalue weighted by atomic mass is 16.5. The normalized spacial score (nSPS) is 16.2. The second kappa shape index (κ2) is 5.01. The molecule has 18 heavy (non-hydrogen) atoms. The van der Waals surface area contributed by atoms with Crippen LogP contribution < -0.4 is 4.74 Å². The average molecular weight is 248 g/mol. The molecule has 98 valence electrons. The summed E-state index contributed by atoms with van der Waals surface area (Å²) in [5.41, 5.74) is 3.25. The lowest BCUT2D eigenvalue weighted by Crippen LogP contribution is -2.17. The van der Waals surface area contributed by atoms with Crippen molar-refractivity contribution in [2.75, 3.05) is 14.2 Å². The smallest absolute Gasteiger partial charge is 0.313 e. The summed E-state index contributed by atoms with van der Waals surface area (Å²) < 4.78 is 10.3. The molecule has 0 N–H and O–H groups in total. The van der Waals surface area contributed by atoms with Gasteiger partial charge in [-0.25, -0.2) is 0 Å². The summed E-state index contributed by atoms with van der Waals surface area (Å²) in [6.07, 6.45) is 2.23. The van der Waals surface area contributed by atoms with Crippen molar-refractivity contribution in [3.8, 4) is 5.75 Å². The molecule has 0 amide bonds. The predicted molar refractivity (Wildman–Crippen MR) is 69.9 cm³/mol. The van der Waals surface area contributed by atoms with Crippen LogP contribution in [0.4, 0.5) is 0 Å². The van der Waals surface area contributed by atoms with Crippen LogP contribution in [0, 0.1) is 19.8 Å². The molecule has 1 unspecified atom stereocenters. The Balaban J connectivity index is 2.41. The van der Waals surface area contributed by atoms with Crippen LogP contribution in [0.1, 0.15) is 35.4 Å². The van der Waals surface area contributed by atoms with E-state index in [1.165, 1.54) is 7.11 Å². The lowest BCUT2D eigenvalue weighted by atomic mass is 9.89. The molecule has 1 aliphatic carbocycles. The van der Waals surface area contributed by atoms with E-state index in [1.54, 1.807) is 7.11 Å². The molecule has 2 rings (SSSR count). The minimum atomic E-state index is -0.120. The van der Waals surface area contributed by atoms with Crippen molar-refractivity contribution in [1.29, 1.82) is 0 Å². The summed E-state index contributed by atoms with van der Waals surface area (Å²) in [4.78, 5) is 12.0. The van der Waals surface area contributed by atoms with Gasteiger partial charge in [-0.3, -0.25) is 4.79 Å². The number of aryl methyl sites for hydroxylation is 2. The van der Waals surface area contributed by atoms with Gasteiger partial charge < -0.3 is 9.47 Å². The van der Waals surface area contributed by atoms with E-state index in [2.05, 4.69) is 6.07 Å². The number of hydrogen-bond donors (Lipinski definition) is 0. The highest BCUT2D eigenvalue weighted by molar-refractivity contribution is 5.79. The van der Waals surface area contributed by atoms with Crippen molar-refractivity contribution in [2.45, 2.75) is 32.6 Å². The van der Waals surface area contributed by atoms with Gasteiger partial charge in [-0.1, -0.05) is 6.07 Å². The van der Waals surface area contributed by atoms with Gasteiger partial charge in [0.05, 0.1) is 20.1 Å². The van der Waals surface area contributed by atoms with E-state index in [0.29, 0.717) is 5.92 Å². The first kappa shape index (κ1) is 12.9. The number of hydrogen-bond acceptors (Lipinski definition) is 3. The van der Waals surface area contributed by atoms with Crippen molar-refractivity contribution in [3.05, 3.63) is 28.8 Å². The minimum absolute atomic E-state index is 0.111. The van der Waals surface area contributed by atoms with E-state index >= 15 is 0 Å². The third kappa shape index (κ3) is 2.35. The quantitative estimate of drug-likeness (QED) is 0.768. The average Bonchev–Trinajstić information content (AvgIpc) is 3.17. The third-order valence-corrected chi connectivity index (χ3v) is 3.67. The first-order valence-electron chi connectivity index (χ1n) is 6.31. The largest absolute Gasteiger partial charge is 0.496 e. The van der Waals surface area contributed by atoms with Gasteiger partial charge in [0.15, 0.2) is 0 Å². The second-order valence-corrected chi connectivity index (χ2v) is 5.02. The number of esters is 1. The molecule has 0 radical (unpaired) electrons. The lowest BCUT2D eigenvalue weighted by Gasteiger charge is -2.18. The maximum absolute atomic E-state index is 12.0. The Kier molecular flexibility index (Phi) is 3.60. The summed E-state index contributed by atoms with van der Waals surface area (Å²) in [6, 6.07) is 4.07. The molecule has 3 heteroatoms. The Morgan fingerprint density at radius 3 is 2.39 bits per heavy atom. The summed E-state index contributed by atoms with van der Waals surface area (Å²) in [5.74, 6) is 1.09. The maximum atomic E-state index is 12.0. The molecule has 1 aliphatic rings. The maximum Gasteiger partial charge on any atom is 0.313 e. The highest BCUT2D eigenvalue weighted by Crippen LogP contribution is 2.45. The van der Waals surface area contributed by atoms with Gasteiger partial charge in [-0.15, -0.1) is 0 Å². The van der Waals surface area contributed by atoms with E-state index in [-0.39, 0.29) is 11.9 Å². The summed E-state index contributed by atoms with van der Waals surface area (Å²) in [6.45, 7) is 4.03. The van der Waals surface area contributed by atoms with Crippen LogP contribution in [-0.4, -0.2) is 20.2 Å². The fraction of sp³-hybridized carbons (Fsp3) is 0.533. The predicted octanol–water partition coefficient (Wildman–Crippen LogP) is 2.98. The Morgan fingerprint density at radius 2 is 1.89 bits per heavy atom. The zero-order valence-electron chi connectivity index (χ0n) is 11.4. The molecule has 0 spiro atoms. The van der Waals surface area contributed by atoms with E-state index < -0.39 is 0 Å². The number of benzene rings is 1. The molecule has 1 atom stereocenters. The molecule has 0 bridgehead atoms. The van der Waals surface area contributed by atoms with E-state index in [9.17, 15) is 4.79 Å². The van der Waals surface area contributed by atoms with Crippen molar-refractivity contribution in [2.24, 2.45) is 5.92 Å². The molecule has 1 fully saturated rings. The Labute approximate surface area is 108 Å². The van der Waals surface area contributed by atoms with Crippen LogP contribution in [0.3, 0.4) is 0 Å². The summed E-state index contributed by atoms with van der Waals surface area (Å²) >= 11 is 0. The van der Waals surface area contributed by atoms with Gasteiger partial charge in [-0.2, -0.15) is 0 Å². The summed E-state index contributed by atoms with van der Waals surface area (Å²) in [7, 11) is 3.13. The molecule has 1 aromatic rings. The van der Waals surface area contributed by atoms with Crippen LogP contribution in [-0.2, 0) is 9.53 Å². The molecule has 0 aliphatic heterocycles. The number of carbonyl (C=O) groups is 1. The molecule has 3 nitrogen and oxygen atoms in total. The first-order chi connectivity index (χ1) is 8.58. The third-order valence-electron chi connectivity index (χ3n) is 3.67. The van der Waals surface area contributed by atoms with Crippen LogP contribution in [0.25, 0.3) is 0 Å². The van der Waals surface area contributed by atoms with Crippen LogP contribution >= 0.6 is 0 Å². The van der Waals surface area contributed by atoms with E-state index in [0.717, 1.165) is 35.3 Å². The van der Waals surface area contributed by atoms with E-state index in [4.69, 9.17) is 9.47 Å². The van der Waals surface area contributed by atoms with Crippen molar-refractivity contribution >= 4 is 5.97 Å². The van der Waals surface area contributed by atoms with Gasteiger partial charge in [0, 0.05) is 0 Å². The minimum Gasteiger partial charge on any atom is -0.496 e. The van der Waals surface area contributed by atoms with Gasteiger partial charge in [0.1, 0.15) is 5.75 Å². The fourth-order valence-corrected chi connectivity index (χ4v) is 2.50. The zero-order chi connectivity index (χ0) is 13.3. The van der Waals surface area contributed by atoms with Crippen molar-refractivity contribution < 1.29 is 14.3 Å². The Bertz CT molecular complexity index is 461. The van der Waals surface area contributed by atoms with Gasteiger partial charge in [0.2, 0.25) is 0 Å². The molecule has 1 aromatic carbocycles. The highest BCUT2D eigenvalue weighted by Gasteiger charge is 2.39. The Hall–Kier alpha value is -1.51. The molecular weight excluding hydrogens is 228 g/mol. The SMILES string of the molecule is COC(=O)C(c1cc(C)c(OC)cc1C)C1CC1. The lowest BCUT2D eigenvalue weighted by molar-refractivity contribution is -0.143. The molecular formula is C15H20O3. The molecule has 0 heterocycles.